The molecule has 27 heavy (non-hydrogen) atoms. The number of hydrogen-bond donors (Lipinski definition) is 2. The number of nitrogens with zero attached hydrogens (tertiary/aromatic N) is 2. The highest BCUT2D eigenvalue weighted by atomic mass is 32.1. The molecule has 0 amide bonds. The van der Waals surface area contributed by atoms with Crippen molar-refractivity contribution in [3.8, 4) is 11.3 Å². The third kappa shape index (κ3) is 3.63. The molecular formula is C21H22N4OS. The van der Waals surface area contributed by atoms with Gasteiger partial charge in [-0.1, -0.05) is 24.3 Å². The van der Waals surface area contributed by atoms with Gasteiger partial charge in [0.15, 0.2) is 4.77 Å². The molecule has 4 rings (SSSR count). The summed E-state index contributed by atoms with van der Waals surface area (Å²) in [5.41, 5.74) is 7.52. The standard InChI is InChI=1S/C21H22N4OS/c1-13-4-3-5-16(14(13)2)18-7-6-15(10-22-18)11-25-9-8-19-17(12-25)20(26)24-21(27)23-19/h3-7,10H,8-9,11-12H2,1-2H3,(H2,23,24,26,27). The molecule has 1 aliphatic heterocycles. The summed E-state index contributed by atoms with van der Waals surface area (Å²) in [6.45, 7) is 6.54. The maximum absolute atomic E-state index is 12.2. The predicted molar refractivity (Wildman–Crippen MR) is 109 cm³/mol. The molecule has 1 aromatic carbocycles. The van der Waals surface area contributed by atoms with Gasteiger partial charge in [-0.3, -0.25) is 19.7 Å². The first-order chi connectivity index (χ1) is 13.0. The lowest BCUT2D eigenvalue weighted by Gasteiger charge is -2.27. The lowest BCUT2D eigenvalue weighted by molar-refractivity contribution is 0.241. The van der Waals surface area contributed by atoms with Gasteiger partial charge in [0.1, 0.15) is 0 Å². The second-order valence-corrected chi connectivity index (χ2v) is 7.53. The Morgan fingerprint density at radius 3 is 2.81 bits per heavy atom. The molecule has 6 heteroatoms. The lowest BCUT2D eigenvalue weighted by Crippen LogP contribution is -2.35. The summed E-state index contributed by atoms with van der Waals surface area (Å²) in [4.78, 5) is 24.9. The molecule has 0 bridgehead atoms. The molecule has 0 atom stereocenters. The van der Waals surface area contributed by atoms with E-state index in [4.69, 9.17) is 12.2 Å². The summed E-state index contributed by atoms with van der Waals surface area (Å²) >= 11 is 5.06. The molecule has 0 aliphatic carbocycles. The fourth-order valence-corrected chi connectivity index (χ4v) is 3.83. The van der Waals surface area contributed by atoms with Crippen molar-refractivity contribution in [2.24, 2.45) is 0 Å². The van der Waals surface area contributed by atoms with E-state index in [2.05, 4.69) is 64.0 Å². The highest BCUT2D eigenvalue weighted by molar-refractivity contribution is 7.71. The van der Waals surface area contributed by atoms with E-state index in [-0.39, 0.29) is 5.56 Å². The number of aromatic amines is 2. The Morgan fingerprint density at radius 2 is 2.04 bits per heavy atom. The molecule has 2 N–H and O–H groups in total. The molecule has 3 aromatic rings. The summed E-state index contributed by atoms with van der Waals surface area (Å²) in [5.74, 6) is 0. The minimum Gasteiger partial charge on any atom is -0.335 e. The number of aryl methyl sites for hydroxylation is 1. The molecule has 0 spiro atoms. The van der Waals surface area contributed by atoms with Crippen molar-refractivity contribution < 1.29 is 0 Å². The summed E-state index contributed by atoms with van der Waals surface area (Å²) in [6.07, 6.45) is 2.74. The Bertz CT molecular complexity index is 1100. The van der Waals surface area contributed by atoms with Crippen LogP contribution in [0.5, 0.6) is 0 Å². The highest BCUT2D eigenvalue weighted by Crippen LogP contribution is 2.24. The van der Waals surface area contributed by atoms with Crippen molar-refractivity contribution in [2.75, 3.05) is 6.54 Å². The number of fused-ring (bicyclic) bond motifs is 1. The van der Waals surface area contributed by atoms with Gasteiger partial charge in [-0.2, -0.15) is 0 Å². The summed E-state index contributed by atoms with van der Waals surface area (Å²) in [6, 6.07) is 10.5. The summed E-state index contributed by atoms with van der Waals surface area (Å²) in [7, 11) is 0. The Morgan fingerprint density at radius 1 is 1.19 bits per heavy atom. The maximum atomic E-state index is 12.2. The van der Waals surface area contributed by atoms with E-state index in [1.54, 1.807) is 0 Å². The lowest BCUT2D eigenvalue weighted by atomic mass is 10.0. The molecule has 3 heterocycles. The summed E-state index contributed by atoms with van der Waals surface area (Å²) in [5, 5.41) is 0. The van der Waals surface area contributed by atoms with Crippen LogP contribution in [0.4, 0.5) is 0 Å². The van der Waals surface area contributed by atoms with Gasteiger partial charge in [0.25, 0.3) is 5.56 Å². The van der Waals surface area contributed by atoms with Gasteiger partial charge in [-0.15, -0.1) is 0 Å². The minimum absolute atomic E-state index is 0.0816. The Kier molecular flexibility index (Phi) is 4.76. The van der Waals surface area contributed by atoms with Crippen LogP contribution in [0.2, 0.25) is 0 Å². The van der Waals surface area contributed by atoms with Gasteiger partial charge in [-0.25, -0.2) is 0 Å². The van der Waals surface area contributed by atoms with Crippen LogP contribution in [0.25, 0.3) is 11.3 Å². The molecule has 1 aliphatic rings. The van der Waals surface area contributed by atoms with Crippen molar-refractivity contribution in [3.05, 3.63) is 79.6 Å². The molecule has 0 unspecified atom stereocenters. The number of aromatic nitrogens is 3. The number of pyridine rings is 1. The van der Waals surface area contributed by atoms with Crippen molar-refractivity contribution in [1.29, 1.82) is 0 Å². The largest absolute Gasteiger partial charge is 0.335 e. The van der Waals surface area contributed by atoms with Crippen molar-refractivity contribution in [1.82, 2.24) is 19.9 Å². The SMILES string of the molecule is Cc1cccc(-c2ccc(CN3CCc4[nH]c(=S)[nH]c(=O)c4C3)cn2)c1C. The predicted octanol–water partition coefficient (Wildman–Crippen LogP) is 3.67. The van der Waals surface area contributed by atoms with Gasteiger partial charge in [0, 0.05) is 43.5 Å². The van der Waals surface area contributed by atoms with Crippen LogP contribution in [0, 0.1) is 18.6 Å². The van der Waals surface area contributed by atoms with Gasteiger partial charge in [0.2, 0.25) is 0 Å². The first-order valence-corrected chi connectivity index (χ1v) is 9.50. The summed E-state index contributed by atoms with van der Waals surface area (Å²) < 4.78 is 0.401. The first kappa shape index (κ1) is 17.8. The minimum atomic E-state index is -0.0816. The highest BCUT2D eigenvalue weighted by Gasteiger charge is 2.19. The van der Waals surface area contributed by atoms with E-state index in [0.717, 1.165) is 42.0 Å². The van der Waals surface area contributed by atoms with E-state index in [1.165, 1.54) is 16.7 Å². The van der Waals surface area contributed by atoms with Crippen molar-refractivity contribution >= 4 is 12.2 Å². The van der Waals surface area contributed by atoms with Crippen molar-refractivity contribution in [3.63, 3.8) is 0 Å². The monoisotopic (exact) mass is 378 g/mol. The average molecular weight is 379 g/mol. The van der Waals surface area contributed by atoms with E-state index < -0.39 is 0 Å². The molecular weight excluding hydrogens is 356 g/mol. The van der Waals surface area contributed by atoms with Crippen molar-refractivity contribution in [2.45, 2.75) is 33.4 Å². The Labute approximate surface area is 163 Å². The van der Waals surface area contributed by atoms with Crippen LogP contribution in [0.1, 0.15) is 27.9 Å². The zero-order valence-corrected chi connectivity index (χ0v) is 16.3. The average Bonchev–Trinajstić information content (AvgIpc) is 2.65. The van der Waals surface area contributed by atoms with E-state index >= 15 is 0 Å². The Balaban J connectivity index is 1.52. The Hall–Kier alpha value is -2.57. The van der Waals surface area contributed by atoms with Gasteiger partial charge < -0.3 is 4.98 Å². The third-order valence-corrected chi connectivity index (χ3v) is 5.51. The number of benzene rings is 1. The van der Waals surface area contributed by atoms with Crippen LogP contribution >= 0.6 is 12.2 Å². The quantitative estimate of drug-likeness (QED) is 0.683. The van der Waals surface area contributed by atoms with Gasteiger partial charge in [0.05, 0.1) is 11.3 Å². The van der Waals surface area contributed by atoms with E-state index in [9.17, 15) is 4.79 Å². The smallest absolute Gasteiger partial charge is 0.256 e. The van der Waals surface area contributed by atoms with Crippen LogP contribution in [0.3, 0.4) is 0 Å². The first-order valence-electron chi connectivity index (χ1n) is 9.09. The van der Waals surface area contributed by atoms with Crippen LogP contribution in [-0.4, -0.2) is 26.4 Å². The van der Waals surface area contributed by atoms with E-state index in [1.807, 2.05) is 6.20 Å². The topological polar surface area (TPSA) is 64.8 Å². The third-order valence-electron chi connectivity index (χ3n) is 5.30. The fraction of sp³-hybridized carbons (Fsp3) is 0.286. The number of rotatable bonds is 3. The molecule has 0 radical (unpaired) electrons. The molecule has 2 aromatic heterocycles. The second kappa shape index (κ2) is 7.21. The molecule has 0 saturated heterocycles. The van der Waals surface area contributed by atoms with Crippen LogP contribution in [0.15, 0.2) is 41.3 Å². The van der Waals surface area contributed by atoms with Crippen LogP contribution < -0.4 is 5.56 Å². The molecule has 0 saturated carbocycles. The van der Waals surface area contributed by atoms with Crippen LogP contribution in [-0.2, 0) is 19.5 Å². The van der Waals surface area contributed by atoms with Gasteiger partial charge >= 0.3 is 0 Å². The van der Waals surface area contributed by atoms with E-state index in [0.29, 0.717) is 11.3 Å². The molecule has 0 fully saturated rings. The fourth-order valence-electron chi connectivity index (χ4n) is 3.61. The second-order valence-electron chi connectivity index (χ2n) is 7.13. The zero-order valence-electron chi connectivity index (χ0n) is 15.5. The number of hydrogen-bond acceptors (Lipinski definition) is 4. The molecule has 138 valence electrons. The maximum Gasteiger partial charge on any atom is 0.256 e. The van der Waals surface area contributed by atoms with Gasteiger partial charge in [-0.05, 0) is 48.8 Å². The normalized spacial score (nSPS) is 14.1. The molecule has 5 nitrogen and oxygen atoms in total. The zero-order chi connectivity index (χ0) is 19.0. The number of H-pyrrole nitrogens is 2. The number of nitrogens with one attached hydrogen (secondary N) is 2.